The summed E-state index contributed by atoms with van der Waals surface area (Å²) in [5.74, 6) is 0.830. The van der Waals surface area contributed by atoms with Gasteiger partial charge in [-0.15, -0.1) is 0 Å². The van der Waals surface area contributed by atoms with Gasteiger partial charge in [0.1, 0.15) is 0 Å². The zero-order chi connectivity index (χ0) is 18.8. The third-order valence-electron chi connectivity index (χ3n) is 6.05. The molecular formula is C23H28N2O2. The van der Waals surface area contributed by atoms with Gasteiger partial charge in [0, 0.05) is 31.7 Å². The molecule has 0 aliphatic carbocycles. The van der Waals surface area contributed by atoms with Crippen molar-refractivity contribution in [2.24, 2.45) is 11.8 Å². The maximum Gasteiger partial charge on any atom is 0.254 e. The van der Waals surface area contributed by atoms with E-state index in [0.717, 1.165) is 55.2 Å². The van der Waals surface area contributed by atoms with E-state index < -0.39 is 0 Å². The van der Waals surface area contributed by atoms with Crippen LogP contribution in [0.4, 0.5) is 0 Å². The lowest BCUT2D eigenvalue weighted by molar-refractivity contribution is -0.138. The number of carbonyl (C=O) groups is 2. The summed E-state index contributed by atoms with van der Waals surface area (Å²) in [4.78, 5) is 30.1. The molecule has 2 aliphatic heterocycles. The number of carbonyl (C=O) groups excluding carboxylic acids is 2. The van der Waals surface area contributed by atoms with Crippen LogP contribution in [-0.4, -0.2) is 47.8 Å². The quantitative estimate of drug-likeness (QED) is 0.809. The monoisotopic (exact) mass is 364 g/mol. The summed E-state index contributed by atoms with van der Waals surface area (Å²) in [7, 11) is 0. The van der Waals surface area contributed by atoms with Gasteiger partial charge in [-0.1, -0.05) is 43.3 Å². The Kier molecular flexibility index (Phi) is 5.15. The highest BCUT2D eigenvalue weighted by Gasteiger charge is 2.33. The van der Waals surface area contributed by atoms with Crippen LogP contribution in [0.2, 0.25) is 0 Å². The average Bonchev–Trinajstić information content (AvgIpc) is 2.72. The molecule has 0 spiro atoms. The number of fused-ring (bicyclic) bond motifs is 1. The Morgan fingerprint density at radius 3 is 2.48 bits per heavy atom. The van der Waals surface area contributed by atoms with Crippen molar-refractivity contribution in [3.8, 4) is 0 Å². The van der Waals surface area contributed by atoms with Gasteiger partial charge in [-0.25, -0.2) is 0 Å². The van der Waals surface area contributed by atoms with Crippen molar-refractivity contribution in [3.63, 3.8) is 0 Å². The van der Waals surface area contributed by atoms with E-state index in [9.17, 15) is 9.59 Å². The molecule has 0 aromatic heterocycles. The smallest absolute Gasteiger partial charge is 0.254 e. The normalized spacial score (nSPS) is 23.4. The molecule has 142 valence electrons. The first-order chi connectivity index (χ1) is 13.1. The maximum atomic E-state index is 13.2. The molecule has 2 saturated heterocycles. The standard InChI is InChI=1S/C23H28N2O2/c1-17-7-5-13-24(15-17)22(26)19-10-6-14-25(16-19)23(27)21-12-4-9-18-8-2-3-11-20(18)21/h2-4,8-9,11-12,17,19H,5-7,10,13-16H2,1H3. The first-order valence-electron chi connectivity index (χ1n) is 10.2. The molecule has 2 amide bonds. The van der Waals surface area contributed by atoms with Gasteiger partial charge in [0.25, 0.3) is 5.91 Å². The number of nitrogens with zero attached hydrogens (tertiary/aromatic N) is 2. The lowest BCUT2D eigenvalue weighted by Gasteiger charge is -2.37. The lowest BCUT2D eigenvalue weighted by atomic mass is 9.93. The fourth-order valence-electron chi connectivity index (χ4n) is 4.59. The van der Waals surface area contributed by atoms with Crippen LogP contribution < -0.4 is 0 Å². The van der Waals surface area contributed by atoms with Crippen molar-refractivity contribution in [3.05, 3.63) is 48.0 Å². The fourth-order valence-corrected chi connectivity index (χ4v) is 4.59. The van der Waals surface area contributed by atoms with E-state index in [2.05, 4.69) is 6.92 Å². The number of benzene rings is 2. The zero-order valence-corrected chi connectivity index (χ0v) is 16.1. The van der Waals surface area contributed by atoms with Gasteiger partial charge < -0.3 is 9.80 Å². The van der Waals surface area contributed by atoms with Crippen LogP contribution in [0, 0.1) is 11.8 Å². The van der Waals surface area contributed by atoms with Crippen LogP contribution >= 0.6 is 0 Å². The largest absolute Gasteiger partial charge is 0.342 e. The van der Waals surface area contributed by atoms with Gasteiger partial charge >= 0.3 is 0 Å². The molecule has 2 fully saturated rings. The van der Waals surface area contributed by atoms with Gasteiger partial charge in [0.05, 0.1) is 5.92 Å². The number of piperidine rings is 2. The summed E-state index contributed by atoms with van der Waals surface area (Å²) in [6.07, 6.45) is 4.09. The molecule has 0 radical (unpaired) electrons. The number of amides is 2. The third kappa shape index (κ3) is 3.71. The first-order valence-corrected chi connectivity index (χ1v) is 10.2. The maximum absolute atomic E-state index is 13.2. The van der Waals surface area contributed by atoms with Crippen LogP contribution in [0.15, 0.2) is 42.5 Å². The molecule has 2 aliphatic rings. The molecule has 2 atom stereocenters. The van der Waals surface area contributed by atoms with Crippen molar-refractivity contribution in [2.45, 2.75) is 32.6 Å². The Hall–Kier alpha value is -2.36. The molecule has 2 unspecified atom stereocenters. The highest BCUT2D eigenvalue weighted by molar-refractivity contribution is 6.07. The molecule has 2 heterocycles. The second-order valence-electron chi connectivity index (χ2n) is 8.15. The van der Waals surface area contributed by atoms with Crippen LogP contribution in [0.1, 0.15) is 43.0 Å². The highest BCUT2D eigenvalue weighted by atomic mass is 16.2. The minimum absolute atomic E-state index is 0.0521. The van der Waals surface area contributed by atoms with Crippen molar-refractivity contribution >= 4 is 22.6 Å². The summed E-state index contributed by atoms with van der Waals surface area (Å²) in [6.45, 7) is 5.24. The van der Waals surface area contributed by atoms with Crippen molar-refractivity contribution in [1.29, 1.82) is 0 Å². The second-order valence-corrected chi connectivity index (χ2v) is 8.15. The van der Waals surface area contributed by atoms with E-state index in [0.29, 0.717) is 12.5 Å². The van der Waals surface area contributed by atoms with Gasteiger partial charge in [-0.2, -0.15) is 0 Å². The van der Waals surface area contributed by atoms with Crippen LogP contribution in [-0.2, 0) is 4.79 Å². The Morgan fingerprint density at radius 1 is 0.889 bits per heavy atom. The van der Waals surface area contributed by atoms with E-state index in [4.69, 9.17) is 0 Å². The Morgan fingerprint density at radius 2 is 1.63 bits per heavy atom. The lowest BCUT2D eigenvalue weighted by Crippen LogP contribution is -2.49. The summed E-state index contributed by atoms with van der Waals surface area (Å²) in [5, 5.41) is 2.07. The van der Waals surface area contributed by atoms with Crippen molar-refractivity contribution in [2.75, 3.05) is 26.2 Å². The molecular weight excluding hydrogens is 336 g/mol. The predicted octanol–water partition coefficient (Wildman–Crippen LogP) is 3.95. The van der Waals surface area contributed by atoms with Gasteiger partial charge in [-0.3, -0.25) is 9.59 Å². The second kappa shape index (κ2) is 7.71. The number of likely N-dealkylation sites (tertiary alicyclic amines) is 2. The predicted molar refractivity (Wildman–Crippen MR) is 108 cm³/mol. The van der Waals surface area contributed by atoms with Crippen LogP contribution in [0.25, 0.3) is 10.8 Å². The van der Waals surface area contributed by atoms with E-state index >= 15 is 0 Å². The van der Waals surface area contributed by atoms with E-state index in [1.807, 2.05) is 52.3 Å². The Balaban J connectivity index is 1.50. The van der Waals surface area contributed by atoms with Crippen molar-refractivity contribution < 1.29 is 9.59 Å². The van der Waals surface area contributed by atoms with Gasteiger partial charge in [-0.05, 0) is 48.4 Å². The summed E-state index contributed by atoms with van der Waals surface area (Å²) in [5.41, 5.74) is 0.743. The third-order valence-corrected chi connectivity index (χ3v) is 6.05. The molecule has 0 bridgehead atoms. The van der Waals surface area contributed by atoms with Crippen molar-refractivity contribution in [1.82, 2.24) is 9.80 Å². The van der Waals surface area contributed by atoms with Gasteiger partial charge in [0.2, 0.25) is 5.91 Å². The zero-order valence-electron chi connectivity index (χ0n) is 16.1. The fraction of sp³-hybridized carbons (Fsp3) is 0.478. The Bertz CT molecular complexity index is 842. The molecule has 0 N–H and O–H groups in total. The van der Waals surface area contributed by atoms with Gasteiger partial charge in [0.15, 0.2) is 0 Å². The number of rotatable bonds is 2. The molecule has 4 nitrogen and oxygen atoms in total. The molecule has 0 saturated carbocycles. The molecule has 4 heteroatoms. The minimum atomic E-state index is -0.0528. The molecule has 2 aromatic rings. The summed E-state index contributed by atoms with van der Waals surface area (Å²) < 4.78 is 0. The Labute approximate surface area is 161 Å². The number of hydrogen-bond donors (Lipinski definition) is 0. The topological polar surface area (TPSA) is 40.6 Å². The minimum Gasteiger partial charge on any atom is -0.342 e. The average molecular weight is 364 g/mol. The molecule has 2 aromatic carbocycles. The SMILES string of the molecule is CC1CCCN(C(=O)C2CCCN(C(=O)c3cccc4ccccc34)C2)C1. The van der Waals surface area contributed by atoms with E-state index in [-0.39, 0.29) is 17.7 Å². The van der Waals surface area contributed by atoms with E-state index in [1.165, 1.54) is 6.42 Å². The summed E-state index contributed by atoms with van der Waals surface area (Å²) in [6, 6.07) is 13.9. The molecule has 4 rings (SSSR count). The van der Waals surface area contributed by atoms with Crippen LogP contribution in [0.3, 0.4) is 0 Å². The first kappa shape index (κ1) is 18.0. The van der Waals surface area contributed by atoms with Crippen LogP contribution in [0.5, 0.6) is 0 Å². The number of hydrogen-bond acceptors (Lipinski definition) is 2. The summed E-state index contributed by atoms with van der Waals surface area (Å²) >= 11 is 0. The highest BCUT2D eigenvalue weighted by Crippen LogP contribution is 2.26. The van der Waals surface area contributed by atoms with E-state index in [1.54, 1.807) is 0 Å². The molecule has 27 heavy (non-hydrogen) atoms.